The highest BCUT2D eigenvalue weighted by atomic mass is 35.5. The first kappa shape index (κ1) is 44.2. The predicted molar refractivity (Wildman–Crippen MR) is 196 cm³/mol. The number of halogens is 4. The van der Waals surface area contributed by atoms with E-state index in [0.29, 0.717) is 22.1 Å². The molecule has 3 aromatic carbocycles. The molecule has 55 heavy (non-hydrogen) atoms. The number of benzene rings is 3. The summed E-state index contributed by atoms with van der Waals surface area (Å²) in [6.07, 6.45) is -5.07. The Balaban J connectivity index is 1.83. The van der Waals surface area contributed by atoms with Crippen LogP contribution in [0.15, 0.2) is 71.6 Å². The fourth-order valence-corrected chi connectivity index (χ4v) is 6.33. The molecule has 0 aromatic heterocycles. The van der Waals surface area contributed by atoms with Gasteiger partial charge in [-0.25, -0.2) is 13.1 Å². The molecule has 0 spiro atoms. The van der Waals surface area contributed by atoms with E-state index in [-0.39, 0.29) is 29.0 Å². The van der Waals surface area contributed by atoms with Gasteiger partial charge in [0.05, 0.1) is 31.7 Å². The Morgan fingerprint density at radius 1 is 0.764 bits per heavy atom. The van der Waals surface area contributed by atoms with Crippen LogP contribution in [0.5, 0.6) is 11.5 Å². The number of carbonyl (C=O) groups is 5. The number of carbonyl (C=O) groups excluding carboxylic acids is 5. The number of hydrogen-bond donors (Lipinski definition) is 3. The third-order valence-electron chi connectivity index (χ3n) is 8.29. The number of hydrogen-bond acceptors (Lipinski definition) is 9. The van der Waals surface area contributed by atoms with Crippen molar-refractivity contribution in [1.29, 1.82) is 0 Å². The number of ketones is 1. The maximum atomic E-state index is 14.1. The molecule has 0 fully saturated rings. The molecular weight excluding hydrogens is 769 g/mol. The lowest BCUT2D eigenvalue weighted by atomic mass is 9.99. The Hall–Kier alpha value is -5.16. The van der Waals surface area contributed by atoms with Gasteiger partial charge in [-0.05, 0) is 84.5 Å². The molecule has 0 radical (unpaired) electrons. The Morgan fingerprint density at radius 3 is 1.82 bits per heavy atom. The summed E-state index contributed by atoms with van der Waals surface area (Å²) < 4.78 is 77.7. The SMILES string of the molecule is COc1ccc(CCN(CC(=O)NC(C(=O)C(F)(F)F)C(C)C)C(=O)C(NC(=O)c2ccc(C(=O)NS(=O)(=O)c3ccc(Cl)cc3)cc2)C(C)C)cc1OC. The van der Waals surface area contributed by atoms with Gasteiger partial charge in [-0.1, -0.05) is 45.4 Å². The summed E-state index contributed by atoms with van der Waals surface area (Å²) in [6, 6.07) is 11.9. The van der Waals surface area contributed by atoms with Gasteiger partial charge in [0.15, 0.2) is 11.5 Å². The van der Waals surface area contributed by atoms with E-state index in [2.05, 4.69) is 10.6 Å². The van der Waals surface area contributed by atoms with Gasteiger partial charge in [0.25, 0.3) is 27.6 Å². The maximum absolute atomic E-state index is 14.1. The zero-order chi connectivity index (χ0) is 41.2. The van der Waals surface area contributed by atoms with Gasteiger partial charge in [0.1, 0.15) is 6.04 Å². The van der Waals surface area contributed by atoms with E-state index in [1.807, 2.05) is 4.72 Å². The molecule has 3 N–H and O–H groups in total. The fraction of sp³-hybridized carbons (Fsp3) is 0.378. The summed E-state index contributed by atoms with van der Waals surface area (Å²) in [4.78, 5) is 66.3. The average molecular weight is 811 g/mol. The number of amides is 4. The minimum atomic E-state index is -5.21. The second kappa shape index (κ2) is 18.9. The maximum Gasteiger partial charge on any atom is 0.452 e. The van der Waals surface area contributed by atoms with Crippen LogP contribution in [0.25, 0.3) is 0 Å². The van der Waals surface area contributed by atoms with Crippen LogP contribution in [0.1, 0.15) is 54.0 Å². The number of sulfonamides is 1. The third kappa shape index (κ3) is 12.2. The quantitative estimate of drug-likeness (QED) is 0.176. The average Bonchev–Trinajstić information content (AvgIpc) is 3.13. The van der Waals surface area contributed by atoms with Gasteiger partial charge in [0, 0.05) is 22.7 Å². The van der Waals surface area contributed by atoms with E-state index < -0.39 is 76.1 Å². The topological polar surface area (TPSA) is 177 Å². The van der Waals surface area contributed by atoms with Crippen molar-refractivity contribution in [3.05, 3.63) is 88.4 Å². The molecule has 2 unspecified atom stereocenters. The van der Waals surface area contributed by atoms with Crippen molar-refractivity contribution in [2.24, 2.45) is 11.8 Å². The van der Waals surface area contributed by atoms with E-state index in [1.165, 1.54) is 76.6 Å². The summed E-state index contributed by atoms with van der Waals surface area (Å²) in [5.74, 6) is -6.32. The second-order valence-corrected chi connectivity index (χ2v) is 15.1. The molecule has 18 heteroatoms. The van der Waals surface area contributed by atoms with Crippen LogP contribution in [-0.2, 0) is 30.8 Å². The van der Waals surface area contributed by atoms with Gasteiger partial charge in [-0.2, -0.15) is 13.2 Å². The van der Waals surface area contributed by atoms with Crippen LogP contribution in [0.3, 0.4) is 0 Å². The van der Waals surface area contributed by atoms with Crippen LogP contribution >= 0.6 is 11.6 Å². The van der Waals surface area contributed by atoms with Crippen LogP contribution in [0.2, 0.25) is 5.02 Å². The Morgan fingerprint density at radius 2 is 1.31 bits per heavy atom. The summed E-state index contributed by atoms with van der Waals surface area (Å²) in [6.45, 7) is 5.04. The summed E-state index contributed by atoms with van der Waals surface area (Å²) in [5, 5.41) is 5.03. The molecule has 0 aliphatic heterocycles. The molecule has 0 aliphatic carbocycles. The van der Waals surface area contributed by atoms with E-state index >= 15 is 0 Å². The van der Waals surface area contributed by atoms with E-state index in [0.717, 1.165) is 4.90 Å². The lowest BCUT2D eigenvalue weighted by Gasteiger charge is -2.30. The molecule has 4 amide bonds. The Kier molecular flexibility index (Phi) is 15.2. The number of rotatable bonds is 17. The lowest BCUT2D eigenvalue weighted by Crippen LogP contribution is -2.56. The van der Waals surface area contributed by atoms with Gasteiger partial charge >= 0.3 is 6.18 Å². The largest absolute Gasteiger partial charge is 0.493 e. The molecule has 2 atom stereocenters. The molecule has 0 saturated heterocycles. The summed E-state index contributed by atoms with van der Waals surface area (Å²) in [5.41, 5.74) is 0.552. The van der Waals surface area contributed by atoms with Crippen molar-refractivity contribution in [2.75, 3.05) is 27.3 Å². The highest BCUT2D eigenvalue weighted by molar-refractivity contribution is 7.90. The van der Waals surface area contributed by atoms with Crippen molar-refractivity contribution >= 4 is 51.0 Å². The lowest BCUT2D eigenvalue weighted by molar-refractivity contribution is -0.175. The molecule has 0 saturated carbocycles. The van der Waals surface area contributed by atoms with Gasteiger partial charge in [0.2, 0.25) is 11.8 Å². The zero-order valence-corrected chi connectivity index (χ0v) is 32.4. The normalized spacial score (nSPS) is 12.7. The number of methoxy groups -OCH3 is 2. The van der Waals surface area contributed by atoms with E-state index in [1.54, 1.807) is 32.0 Å². The Bertz CT molecular complexity index is 1970. The summed E-state index contributed by atoms with van der Waals surface area (Å²) >= 11 is 5.81. The first-order valence-electron chi connectivity index (χ1n) is 16.8. The minimum Gasteiger partial charge on any atom is -0.493 e. The fourth-order valence-electron chi connectivity index (χ4n) is 5.23. The van der Waals surface area contributed by atoms with Crippen LogP contribution in [-0.4, -0.2) is 88.3 Å². The molecule has 3 aromatic rings. The zero-order valence-electron chi connectivity index (χ0n) is 30.8. The van der Waals surface area contributed by atoms with Crippen LogP contribution in [0.4, 0.5) is 13.2 Å². The Labute approximate surface area is 321 Å². The number of alkyl halides is 3. The molecule has 0 heterocycles. The molecular formula is C37H42ClF3N4O9S. The highest BCUT2D eigenvalue weighted by Gasteiger charge is 2.45. The van der Waals surface area contributed by atoms with Crippen molar-refractivity contribution < 1.29 is 55.0 Å². The standard InChI is InChI=1S/C37H42ClF3N4O9S/c1-21(2)31(33(47)37(39,40)41)42-30(46)20-45(18-17-23-7-16-28(53-5)29(19-23)54-6)36(50)32(22(3)4)43-34(48)24-8-10-25(11-9-24)35(49)44-55(51,52)27-14-12-26(38)13-15-27/h7-16,19,21-22,31-32H,17-18,20H2,1-6H3,(H,42,46)(H,43,48)(H,44,49). The van der Waals surface area contributed by atoms with Gasteiger partial charge in [-0.3, -0.25) is 24.0 Å². The second-order valence-electron chi connectivity index (χ2n) is 13.0. The molecule has 298 valence electrons. The highest BCUT2D eigenvalue weighted by Crippen LogP contribution is 2.28. The van der Waals surface area contributed by atoms with E-state index in [4.69, 9.17) is 21.1 Å². The molecule has 13 nitrogen and oxygen atoms in total. The van der Waals surface area contributed by atoms with Crippen molar-refractivity contribution in [3.8, 4) is 11.5 Å². The number of ether oxygens (including phenoxy) is 2. The van der Waals surface area contributed by atoms with E-state index in [9.17, 15) is 45.6 Å². The van der Waals surface area contributed by atoms with Crippen molar-refractivity contribution in [1.82, 2.24) is 20.3 Å². The van der Waals surface area contributed by atoms with Crippen LogP contribution in [0, 0.1) is 11.8 Å². The van der Waals surface area contributed by atoms with Crippen LogP contribution < -0.4 is 24.8 Å². The monoisotopic (exact) mass is 810 g/mol. The smallest absolute Gasteiger partial charge is 0.452 e. The predicted octanol–water partition coefficient (Wildman–Crippen LogP) is 4.57. The molecule has 3 rings (SSSR count). The summed E-state index contributed by atoms with van der Waals surface area (Å²) in [7, 11) is -1.36. The van der Waals surface area contributed by atoms with Gasteiger partial charge in [-0.15, -0.1) is 0 Å². The molecule has 0 aliphatic rings. The number of nitrogens with zero attached hydrogens (tertiary/aromatic N) is 1. The van der Waals surface area contributed by atoms with Gasteiger partial charge < -0.3 is 25.0 Å². The molecule has 0 bridgehead atoms. The van der Waals surface area contributed by atoms with Crippen molar-refractivity contribution in [2.45, 2.75) is 57.3 Å². The first-order chi connectivity index (χ1) is 25.7. The number of Topliss-reactive ketones (excluding diaryl/α,β-unsaturated/α-hetero) is 1. The van der Waals surface area contributed by atoms with Crippen molar-refractivity contribution in [3.63, 3.8) is 0 Å². The number of nitrogens with one attached hydrogen (secondary N) is 3. The first-order valence-corrected chi connectivity index (χ1v) is 18.7. The minimum absolute atomic E-state index is 0.00406. The third-order valence-corrected chi connectivity index (χ3v) is 9.89.